The molecular formula is C10H14FN. The van der Waals surface area contributed by atoms with Crippen LogP contribution in [-0.2, 0) is 6.54 Å². The van der Waals surface area contributed by atoms with Crippen molar-refractivity contribution in [3.05, 3.63) is 35.1 Å². The van der Waals surface area contributed by atoms with Gasteiger partial charge in [0.15, 0.2) is 0 Å². The van der Waals surface area contributed by atoms with Crippen LogP contribution in [-0.4, -0.2) is 0 Å². The Morgan fingerprint density at radius 2 is 2.00 bits per heavy atom. The maximum atomic E-state index is 12.9. The van der Waals surface area contributed by atoms with Gasteiger partial charge in [0, 0.05) is 6.54 Å². The molecule has 12 heavy (non-hydrogen) atoms. The van der Waals surface area contributed by atoms with Crippen LogP contribution < -0.4 is 5.73 Å². The molecule has 0 bridgehead atoms. The first-order valence-corrected chi connectivity index (χ1v) is 4.13. The van der Waals surface area contributed by atoms with Gasteiger partial charge in [0.05, 0.1) is 0 Å². The minimum Gasteiger partial charge on any atom is -0.326 e. The lowest BCUT2D eigenvalue weighted by Gasteiger charge is -2.07. The Balaban J connectivity index is 3.06. The first-order chi connectivity index (χ1) is 5.63. The maximum absolute atomic E-state index is 12.9. The molecule has 0 unspecified atom stereocenters. The van der Waals surface area contributed by atoms with Gasteiger partial charge in [-0.1, -0.05) is 19.9 Å². The molecule has 1 nitrogen and oxygen atoms in total. The lowest BCUT2D eigenvalue weighted by molar-refractivity contribution is 0.620. The van der Waals surface area contributed by atoms with Crippen LogP contribution in [0.15, 0.2) is 18.2 Å². The topological polar surface area (TPSA) is 26.0 Å². The number of benzene rings is 1. The molecule has 66 valence electrons. The lowest BCUT2D eigenvalue weighted by Crippen LogP contribution is -1.99. The maximum Gasteiger partial charge on any atom is 0.123 e. The quantitative estimate of drug-likeness (QED) is 0.719. The standard InChI is InChI=1S/C10H14FN/c1-7(2)9-3-8(6-12)4-10(11)5-9/h3-5,7H,6,12H2,1-2H3. The van der Waals surface area contributed by atoms with Gasteiger partial charge in [-0.3, -0.25) is 0 Å². The second-order valence-corrected chi connectivity index (χ2v) is 3.25. The van der Waals surface area contributed by atoms with Crippen LogP contribution in [0.1, 0.15) is 30.9 Å². The van der Waals surface area contributed by atoms with Crippen LogP contribution in [0.4, 0.5) is 4.39 Å². The van der Waals surface area contributed by atoms with Crippen LogP contribution in [0, 0.1) is 5.82 Å². The summed E-state index contributed by atoms with van der Waals surface area (Å²) in [7, 11) is 0. The molecule has 0 amide bonds. The van der Waals surface area contributed by atoms with E-state index in [0.717, 1.165) is 11.1 Å². The second kappa shape index (κ2) is 3.68. The predicted molar refractivity (Wildman–Crippen MR) is 48.4 cm³/mol. The molecule has 0 aliphatic rings. The zero-order valence-electron chi connectivity index (χ0n) is 7.47. The van der Waals surface area contributed by atoms with Gasteiger partial charge in [0.2, 0.25) is 0 Å². The van der Waals surface area contributed by atoms with E-state index in [1.807, 2.05) is 19.9 Å². The second-order valence-electron chi connectivity index (χ2n) is 3.25. The molecule has 0 fully saturated rings. The number of nitrogens with two attached hydrogens (primary N) is 1. The summed E-state index contributed by atoms with van der Waals surface area (Å²) >= 11 is 0. The minimum atomic E-state index is -0.193. The summed E-state index contributed by atoms with van der Waals surface area (Å²) in [4.78, 5) is 0. The molecule has 1 aromatic carbocycles. The third-order valence-electron chi connectivity index (χ3n) is 1.88. The molecule has 2 heteroatoms. The van der Waals surface area contributed by atoms with E-state index < -0.39 is 0 Å². The summed E-state index contributed by atoms with van der Waals surface area (Å²) in [6, 6.07) is 4.99. The van der Waals surface area contributed by atoms with E-state index in [9.17, 15) is 4.39 Å². The summed E-state index contributed by atoms with van der Waals surface area (Å²) in [6.07, 6.45) is 0. The van der Waals surface area contributed by atoms with Gasteiger partial charge >= 0.3 is 0 Å². The smallest absolute Gasteiger partial charge is 0.123 e. The summed E-state index contributed by atoms with van der Waals surface area (Å²) in [5.74, 6) is 0.160. The molecule has 0 heterocycles. The fraction of sp³-hybridized carbons (Fsp3) is 0.400. The van der Waals surface area contributed by atoms with E-state index in [1.54, 1.807) is 6.07 Å². The van der Waals surface area contributed by atoms with Crippen molar-refractivity contribution >= 4 is 0 Å². The fourth-order valence-electron chi connectivity index (χ4n) is 1.13. The van der Waals surface area contributed by atoms with Crippen LogP contribution >= 0.6 is 0 Å². The molecule has 1 rings (SSSR count). The molecule has 0 saturated heterocycles. The molecule has 0 spiro atoms. The average molecular weight is 167 g/mol. The zero-order chi connectivity index (χ0) is 9.14. The van der Waals surface area contributed by atoms with Crippen molar-refractivity contribution in [1.29, 1.82) is 0 Å². The third-order valence-corrected chi connectivity index (χ3v) is 1.88. The van der Waals surface area contributed by atoms with Crippen LogP contribution in [0.5, 0.6) is 0 Å². The molecule has 0 saturated carbocycles. The SMILES string of the molecule is CC(C)c1cc(F)cc(CN)c1. The Hall–Kier alpha value is -0.890. The highest BCUT2D eigenvalue weighted by atomic mass is 19.1. The highest BCUT2D eigenvalue weighted by molar-refractivity contribution is 5.26. The van der Waals surface area contributed by atoms with Crippen molar-refractivity contribution in [1.82, 2.24) is 0 Å². The van der Waals surface area contributed by atoms with Crippen molar-refractivity contribution in [2.75, 3.05) is 0 Å². The summed E-state index contributed by atoms with van der Waals surface area (Å²) in [6.45, 7) is 4.47. The Morgan fingerprint density at radius 3 is 2.50 bits per heavy atom. The molecule has 1 aromatic rings. The van der Waals surface area contributed by atoms with Crippen LogP contribution in [0.25, 0.3) is 0 Å². The molecule has 0 aliphatic carbocycles. The van der Waals surface area contributed by atoms with E-state index in [2.05, 4.69) is 0 Å². The van der Waals surface area contributed by atoms with Gasteiger partial charge in [0.1, 0.15) is 5.82 Å². The van der Waals surface area contributed by atoms with E-state index >= 15 is 0 Å². The first-order valence-electron chi connectivity index (χ1n) is 4.13. The van der Waals surface area contributed by atoms with Crippen LogP contribution in [0.2, 0.25) is 0 Å². The molecule has 0 radical (unpaired) electrons. The Bertz CT molecular complexity index is 269. The van der Waals surface area contributed by atoms with E-state index in [-0.39, 0.29) is 5.82 Å². The van der Waals surface area contributed by atoms with Crippen molar-refractivity contribution in [3.63, 3.8) is 0 Å². The van der Waals surface area contributed by atoms with Crippen molar-refractivity contribution < 1.29 is 4.39 Å². The molecule has 0 atom stereocenters. The van der Waals surface area contributed by atoms with E-state index in [4.69, 9.17) is 5.73 Å². The number of halogens is 1. The molecular weight excluding hydrogens is 153 g/mol. The third kappa shape index (κ3) is 2.05. The molecule has 2 N–H and O–H groups in total. The highest BCUT2D eigenvalue weighted by Gasteiger charge is 2.02. The number of hydrogen-bond acceptors (Lipinski definition) is 1. The molecule has 0 aliphatic heterocycles. The van der Waals surface area contributed by atoms with Gasteiger partial charge < -0.3 is 5.73 Å². The Morgan fingerprint density at radius 1 is 1.33 bits per heavy atom. The zero-order valence-corrected chi connectivity index (χ0v) is 7.47. The first kappa shape index (κ1) is 9.20. The van der Waals surface area contributed by atoms with Crippen molar-refractivity contribution in [2.45, 2.75) is 26.3 Å². The molecule has 0 aromatic heterocycles. The minimum absolute atomic E-state index is 0.193. The Kier molecular flexibility index (Phi) is 2.82. The Labute approximate surface area is 72.4 Å². The fourth-order valence-corrected chi connectivity index (χ4v) is 1.13. The lowest BCUT2D eigenvalue weighted by atomic mass is 10.0. The monoisotopic (exact) mass is 167 g/mol. The van der Waals surface area contributed by atoms with Crippen LogP contribution in [0.3, 0.4) is 0 Å². The van der Waals surface area contributed by atoms with E-state index in [0.29, 0.717) is 12.5 Å². The van der Waals surface area contributed by atoms with Gasteiger partial charge in [0.25, 0.3) is 0 Å². The van der Waals surface area contributed by atoms with Crippen molar-refractivity contribution in [2.24, 2.45) is 5.73 Å². The van der Waals surface area contributed by atoms with Gasteiger partial charge in [-0.25, -0.2) is 4.39 Å². The van der Waals surface area contributed by atoms with E-state index in [1.165, 1.54) is 6.07 Å². The summed E-state index contributed by atoms with van der Waals surface area (Å²) in [5, 5.41) is 0. The predicted octanol–water partition coefficient (Wildman–Crippen LogP) is 2.41. The number of rotatable bonds is 2. The summed E-state index contributed by atoms with van der Waals surface area (Å²) in [5.41, 5.74) is 7.29. The largest absolute Gasteiger partial charge is 0.326 e. The van der Waals surface area contributed by atoms with Gasteiger partial charge in [-0.15, -0.1) is 0 Å². The summed E-state index contributed by atoms with van der Waals surface area (Å²) < 4.78 is 12.9. The van der Waals surface area contributed by atoms with Gasteiger partial charge in [-0.2, -0.15) is 0 Å². The highest BCUT2D eigenvalue weighted by Crippen LogP contribution is 2.17. The average Bonchev–Trinajstić information content (AvgIpc) is 2.03. The normalized spacial score (nSPS) is 10.8. The number of hydrogen-bond donors (Lipinski definition) is 1. The van der Waals surface area contributed by atoms with Gasteiger partial charge in [-0.05, 0) is 29.2 Å². The van der Waals surface area contributed by atoms with Crippen molar-refractivity contribution in [3.8, 4) is 0 Å².